The Bertz CT molecular complexity index is 1070. The van der Waals surface area contributed by atoms with Crippen LogP contribution in [0.2, 0.25) is 5.02 Å². The first-order chi connectivity index (χ1) is 12.6. The van der Waals surface area contributed by atoms with Gasteiger partial charge >= 0.3 is 0 Å². The number of oxazole rings is 1. The first-order valence-corrected chi connectivity index (χ1v) is 9.15. The van der Waals surface area contributed by atoms with Gasteiger partial charge in [-0.3, -0.25) is 4.79 Å². The van der Waals surface area contributed by atoms with Crippen molar-refractivity contribution in [3.8, 4) is 11.5 Å². The van der Waals surface area contributed by atoms with Crippen molar-refractivity contribution in [3.63, 3.8) is 0 Å². The fourth-order valence-corrected chi connectivity index (χ4v) is 3.71. The monoisotopic (exact) mass is 387 g/mol. The van der Waals surface area contributed by atoms with E-state index in [0.717, 1.165) is 23.2 Å². The number of hydrogen-bond donors (Lipinski definition) is 1. The lowest BCUT2D eigenvalue weighted by atomic mass is 10.1. The summed E-state index contributed by atoms with van der Waals surface area (Å²) in [5, 5.41) is 3.92. The van der Waals surface area contributed by atoms with Gasteiger partial charge < -0.3 is 14.2 Å². The highest BCUT2D eigenvalue weighted by Gasteiger charge is 2.14. The molecule has 0 saturated heterocycles. The van der Waals surface area contributed by atoms with Crippen molar-refractivity contribution in [2.45, 2.75) is 19.8 Å². The molecule has 3 heterocycles. The third-order valence-electron chi connectivity index (χ3n) is 3.87. The van der Waals surface area contributed by atoms with Crippen molar-refractivity contribution in [3.05, 3.63) is 53.1 Å². The summed E-state index contributed by atoms with van der Waals surface area (Å²) in [6.45, 7) is 1.97. The van der Waals surface area contributed by atoms with Crippen molar-refractivity contribution in [1.29, 1.82) is 0 Å². The topological polar surface area (TPSA) is 81.2 Å². The van der Waals surface area contributed by atoms with Crippen LogP contribution < -0.4 is 5.32 Å². The van der Waals surface area contributed by atoms with E-state index in [0.29, 0.717) is 27.0 Å². The van der Waals surface area contributed by atoms with Gasteiger partial charge in [0.1, 0.15) is 16.8 Å². The van der Waals surface area contributed by atoms with Crippen molar-refractivity contribution in [2.75, 3.05) is 5.32 Å². The number of furan rings is 1. The first-order valence-electron chi connectivity index (χ1n) is 8.00. The van der Waals surface area contributed by atoms with E-state index in [2.05, 4.69) is 14.7 Å². The molecule has 0 unspecified atom stereocenters. The Labute approximate surface area is 158 Å². The number of benzene rings is 1. The largest absolute Gasteiger partial charge is 0.472 e. The molecule has 1 amide bonds. The molecule has 0 spiro atoms. The fourth-order valence-electron chi connectivity index (χ4n) is 2.56. The van der Waals surface area contributed by atoms with Crippen LogP contribution in [0.25, 0.3) is 22.6 Å². The number of carbonyl (C=O) groups is 1. The van der Waals surface area contributed by atoms with Crippen molar-refractivity contribution >= 4 is 45.1 Å². The Morgan fingerprint density at radius 3 is 2.96 bits per heavy atom. The number of amides is 1. The molecule has 4 aromatic rings. The molecule has 4 rings (SSSR count). The van der Waals surface area contributed by atoms with Gasteiger partial charge in [0.05, 0.1) is 29.0 Å². The average molecular weight is 388 g/mol. The van der Waals surface area contributed by atoms with Gasteiger partial charge in [-0.05, 0) is 41.7 Å². The normalized spacial score (nSPS) is 11.2. The molecule has 0 aliphatic carbocycles. The van der Waals surface area contributed by atoms with Gasteiger partial charge in [0, 0.05) is 0 Å². The van der Waals surface area contributed by atoms with Crippen LogP contribution in [0.15, 0.2) is 45.6 Å². The number of hydrogen-bond acceptors (Lipinski definition) is 6. The Balaban J connectivity index is 1.51. The Morgan fingerprint density at radius 1 is 1.35 bits per heavy atom. The Hall–Kier alpha value is -2.64. The van der Waals surface area contributed by atoms with E-state index in [4.69, 9.17) is 20.4 Å². The maximum absolute atomic E-state index is 12.3. The molecule has 8 heteroatoms. The third-order valence-corrected chi connectivity index (χ3v) is 5.19. The quantitative estimate of drug-likeness (QED) is 0.524. The zero-order valence-corrected chi connectivity index (χ0v) is 15.4. The van der Waals surface area contributed by atoms with Crippen LogP contribution >= 0.6 is 23.1 Å². The molecule has 6 nitrogen and oxygen atoms in total. The van der Waals surface area contributed by atoms with E-state index in [-0.39, 0.29) is 12.3 Å². The van der Waals surface area contributed by atoms with Crippen molar-refractivity contribution in [2.24, 2.45) is 0 Å². The second-order valence-electron chi connectivity index (χ2n) is 5.68. The summed E-state index contributed by atoms with van der Waals surface area (Å²) in [7, 11) is 0. The van der Waals surface area contributed by atoms with E-state index in [1.807, 2.05) is 25.1 Å². The van der Waals surface area contributed by atoms with Crippen LogP contribution in [-0.2, 0) is 17.6 Å². The van der Waals surface area contributed by atoms with Gasteiger partial charge in [-0.1, -0.05) is 24.6 Å². The summed E-state index contributed by atoms with van der Waals surface area (Å²) in [6.07, 6.45) is 4.07. The van der Waals surface area contributed by atoms with E-state index in [1.54, 1.807) is 18.6 Å². The van der Waals surface area contributed by atoms with Gasteiger partial charge in [0.2, 0.25) is 11.8 Å². The lowest BCUT2D eigenvalue weighted by Gasteiger charge is -2.03. The van der Waals surface area contributed by atoms with E-state index in [9.17, 15) is 4.79 Å². The lowest BCUT2D eigenvalue weighted by molar-refractivity contribution is -0.115. The number of rotatable bonds is 5. The van der Waals surface area contributed by atoms with Crippen molar-refractivity contribution in [1.82, 2.24) is 9.36 Å². The molecule has 132 valence electrons. The zero-order chi connectivity index (χ0) is 18.1. The second kappa shape index (κ2) is 6.93. The minimum Gasteiger partial charge on any atom is -0.472 e. The SMILES string of the molecule is CCc1nsc(NC(=O)Cc2ccc3oc(-c4ccoc4)nc3c2)c1Cl. The second-order valence-corrected chi connectivity index (χ2v) is 6.84. The van der Waals surface area contributed by atoms with Crippen molar-refractivity contribution < 1.29 is 13.6 Å². The van der Waals surface area contributed by atoms with Crippen LogP contribution in [0.1, 0.15) is 18.2 Å². The van der Waals surface area contributed by atoms with E-state index < -0.39 is 0 Å². The highest BCUT2D eigenvalue weighted by Crippen LogP contribution is 2.30. The molecule has 0 aliphatic heterocycles. The van der Waals surface area contributed by atoms with Crippen LogP contribution in [0.3, 0.4) is 0 Å². The number of fused-ring (bicyclic) bond motifs is 1. The predicted molar refractivity (Wildman–Crippen MR) is 101 cm³/mol. The molecular formula is C18H14ClN3O3S. The molecule has 0 fully saturated rings. The minimum atomic E-state index is -0.156. The molecule has 3 aromatic heterocycles. The number of carbonyl (C=O) groups excluding carboxylic acids is 1. The number of halogens is 1. The molecule has 0 aliphatic rings. The number of nitrogens with zero attached hydrogens (tertiary/aromatic N) is 2. The fraction of sp³-hybridized carbons (Fsp3) is 0.167. The number of aromatic nitrogens is 2. The highest BCUT2D eigenvalue weighted by atomic mass is 35.5. The summed E-state index contributed by atoms with van der Waals surface area (Å²) in [5.74, 6) is 0.329. The summed E-state index contributed by atoms with van der Waals surface area (Å²) in [4.78, 5) is 16.8. The summed E-state index contributed by atoms with van der Waals surface area (Å²) in [6, 6.07) is 7.28. The van der Waals surface area contributed by atoms with Gasteiger partial charge in [-0.25, -0.2) is 4.98 Å². The molecule has 0 saturated carbocycles. The first kappa shape index (κ1) is 16.8. The molecule has 26 heavy (non-hydrogen) atoms. The van der Waals surface area contributed by atoms with E-state index >= 15 is 0 Å². The van der Waals surface area contributed by atoms with E-state index in [1.165, 1.54) is 11.5 Å². The Morgan fingerprint density at radius 2 is 2.23 bits per heavy atom. The average Bonchev–Trinajstić information content (AvgIpc) is 3.35. The highest BCUT2D eigenvalue weighted by molar-refractivity contribution is 7.11. The van der Waals surface area contributed by atoms with Gasteiger partial charge in [0.15, 0.2) is 5.58 Å². The van der Waals surface area contributed by atoms with Gasteiger partial charge in [-0.15, -0.1) is 0 Å². The van der Waals surface area contributed by atoms with Gasteiger partial charge in [-0.2, -0.15) is 4.37 Å². The summed E-state index contributed by atoms with van der Waals surface area (Å²) < 4.78 is 15.0. The number of anilines is 1. The molecule has 1 aromatic carbocycles. The smallest absolute Gasteiger partial charge is 0.230 e. The predicted octanol–water partition coefficient (Wildman–Crippen LogP) is 4.94. The van der Waals surface area contributed by atoms with Crippen LogP contribution in [0.4, 0.5) is 5.00 Å². The molecular weight excluding hydrogens is 374 g/mol. The molecule has 0 radical (unpaired) electrons. The lowest BCUT2D eigenvalue weighted by Crippen LogP contribution is -2.13. The standard InChI is InChI=1S/C18H14ClN3O3S/c1-2-12-16(19)18(26-22-12)21-15(23)8-10-3-4-14-13(7-10)20-17(25-14)11-5-6-24-9-11/h3-7,9H,2,8H2,1H3,(H,21,23). The molecule has 0 bridgehead atoms. The van der Waals surface area contributed by atoms with Gasteiger partial charge in [0.25, 0.3) is 0 Å². The maximum atomic E-state index is 12.3. The third kappa shape index (κ3) is 3.23. The number of aryl methyl sites for hydroxylation is 1. The molecule has 1 N–H and O–H groups in total. The Kier molecular flexibility index (Phi) is 4.48. The number of nitrogens with one attached hydrogen (secondary N) is 1. The summed E-state index contributed by atoms with van der Waals surface area (Å²) in [5.41, 5.74) is 3.74. The van der Waals surface area contributed by atoms with Crippen LogP contribution in [0, 0.1) is 0 Å². The van der Waals surface area contributed by atoms with Crippen LogP contribution in [0.5, 0.6) is 0 Å². The maximum Gasteiger partial charge on any atom is 0.230 e. The van der Waals surface area contributed by atoms with Crippen LogP contribution in [-0.4, -0.2) is 15.3 Å². The summed E-state index contributed by atoms with van der Waals surface area (Å²) >= 11 is 7.40. The molecule has 0 atom stereocenters. The minimum absolute atomic E-state index is 0.156. The zero-order valence-electron chi connectivity index (χ0n) is 13.8.